The van der Waals surface area contributed by atoms with Gasteiger partial charge in [0.2, 0.25) is 0 Å². The van der Waals surface area contributed by atoms with Crippen molar-refractivity contribution in [3.05, 3.63) is 87.3 Å². The highest BCUT2D eigenvalue weighted by Gasteiger charge is 2.15. The van der Waals surface area contributed by atoms with Crippen molar-refractivity contribution < 1.29 is 0 Å². The van der Waals surface area contributed by atoms with Gasteiger partial charge in [0.25, 0.3) is 5.56 Å². The molecule has 2 aromatic carbocycles. The third-order valence-electron chi connectivity index (χ3n) is 5.10. The molecule has 4 heteroatoms. The summed E-state index contributed by atoms with van der Waals surface area (Å²) in [6.45, 7) is 9.19. The highest BCUT2D eigenvalue weighted by Crippen LogP contribution is 2.30. The number of benzene rings is 2. The topological polar surface area (TPSA) is 34.9 Å². The van der Waals surface area contributed by atoms with E-state index in [1.54, 1.807) is 10.9 Å². The van der Waals surface area contributed by atoms with Gasteiger partial charge in [-0.05, 0) is 29.0 Å². The fraction of sp³-hybridized carbons (Fsp3) is 0.250. The molecule has 4 aromatic rings. The molecule has 0 amide bonds. The minimum atomic E-state index is 0.0155. The Morgan fingerprint density at radius 2 is 1.68 bits per heavy atom. The smallest absolute Gasteiger partial charge is 0.263 e. The number of hydrogen-bond acceptors (Lipinski definition) is 3. The quantitative estimate of drug-likeness (QED) is 0.446. The largest absolute Gasteiger partial charge is 0.294 e. The normalized spacial score (nSPS) is 11.9. The van der Waals surface area contributed by atoms with Gasteiger partial charge < -0.3 is 0 Å². The maximum absolute atomic E-state index is 13.2. The molecule has 2 aromatic heterocycles. The van der Waals surface area contributed by atoms with E-state index >= 15 is 0 Å². The number of aromatic nitrogens is 2. The van der Waals surface area contributed by atoms with Crippen LogP contribution in [0.15, 0.2) is 65.0 Å². The van der Waals surface area contributed by atoms with Gasteiger partial charge in [0.15, 0.2) is 0 Å². The molecule has 4 rings (SSSR count). The van der Waals surface area contributed by atoms with E-state index < -0.39 is 0 Å². The Kier molecular flexibility index (Phi) is 4.68. The number of hydrogen-bond donors (Lipinski definition) is 0. The van der Waals surface area contributed by atoms with Gasteiger partial charge in [-0.15, -0.1) is 11.3 Å². The number of nitrogens with zero attached hydrogens (tertiary/aromatic N) is 2. The molecule has 0 saturated carbocycles. The monoisotopic (exact) mass is 388 g/mol. The summed E-state index contributed by atoms with van der Waals surface area (Å²) in [5.41, 5.74) is 5.76. The molecular weight excluding hydrogens is 364 g/mol. The van der Waals surface area contributed by atoms with Crippen LogP contribution in [0.5, 0.6) is 0 Å². The van der Waals surface area contributed by atoms with Crippen LogP contribution < -0.4 is 5.56 Å². The predicted molar refractivity (Wildman–Crippen MR) is 118 cm³/mol. The molecule has 0 unspecified atom stereocenters. The zero-order valence-corrected chi connectivity index (χ0v) is 17.5. The van der Waals surface area contributed by atoms with Crippen LogP contribution in [0, 0.1) is 6.92 Å². The van der Waals surface area contributed by atoms with Gasteiger partial charge in [0.1, 0.15) is 4.83 Å². The van der Waals surface area contributed by atoms with Crippen LogP contribution in [0.2, 0.25) is 0 Å². The van der Waals surface area contributed by atoms with E-state index in [4.69, 9.17) is 0 Å². The van der Waals surface area contributed by atoms with Crippen molar-refractivity contribution in [1.29, 1.82) is 0 Å². The summed E-state index contributed by atoms with van der Waals surface area (Å²) in [4.78, 5) is 18.5. The summed E-state index contributed by atoms with van der Waals surface area (Å²) < 4.78 is 1.71. The zero-order valence-electron chi connectivity index (χ0n) is 16.7. The average molecular weight is 389 g/mol. The van der Waals surface area contributed by atoms with Crippen LogP contribution in [0.25, 0.3) is 21.3 Å². The summed E-state index contributed by atoms with van der Waals surface area (Å²) in [6, 6.07) is 16.8. The first-order chi connectivity index (χ1) is 13.3. The Labute approximate surface area is 169 Å². The summed E-state index contributed by atoms with van der Waals surface area (Å²) in [5, 5.41) is 2.74. The third-order valence-corrected chi connectivity index (χ3v) is 5.98. The van der Waals surface area contributed by atoms with E-state index in [0.717, 1.165) is 21.5 Å². The summed E-state index contributed by atoms with van der Waals surface area (Å²) >= 11 is 1.52. The van der Waals surface area contributed by atoms with E-state index in [-0.39, 0.29) is 11.0 Å². The van der Waals surface area contributed by atoms with Crippen LogP contribution in [-0.4, -0.2) is 9.55 Å². The van der Waals surface area contributed by atoms with Gasteiger partial charge in [-0.1, -0.05) is 74.9 Å². The maximum Gasteiger partial charge on any atom is 0.263 e. The minimum Gasteiger partial charge on any atom is -0.294 e. The van der Waals surface area contributed by atoms with E-state index in [9.17, 15) is 4.79 Å². The molecule has 0 atom stereocenters. The first kappa shape index (κ1) is 18.6. The highest BCUT2D eigenvalue weighted by molar-refractivity contribution is 7.17. The molecule has 142 valence electrons. The van der Waals surface area contributed by atoms with Crippen molar-refractivity contribution in [2.45, 2.75) is 39.7 Å². The summed E-state index contributed by atoms with van der Waals surface area (Å²) in [7, 11) is 0. The molecular formula is C24H24N2OS. The number of rotatable bonds is 3. The van der Waals surface area contributed by atoms with Crippen LogP contribution in [0.4, 0.5) is 0 Å². The van der Waals surface area contributed by atoms with E-state index in [1.165, 1.54) is 22.5 Å². The van der Waals surface area contributed by atoms with Crippen molar-refractivity contribution in [2.75, 3.05) is 0 Å². The van der Waals surface area contributed by atoms with Crippen molar-refractivity contribution >= 4 is 21.6 Å². The Bertz CT molecular complexity index is 1180. The van der Waals surface area contributed by atoms with Gasteiger partial charge in [0.05, 0.1) is 18.3 Å². The molecule has 0 saturated heterocycles. The van der Waals surface area contributed by atoms with Gasteiger partial charge in [-0.3, -0.25) is 9.36 Å². The molecule has 0 N–H and O–H groups in total. The second kappa shape index (κ2) is 7.02. The molecule has 0 aliphatic carbocycles. The number of thiophene rings is 1. The van der Waals surface area contributed by atoms with Crippen molar-refractivity contribution in [1.82, 2.24) is 9.55 Å². The molecule has 0 fully saturated rings. The minimum absolute atomic E-state index is 0.0155. The Morgan fingerprint density at radius 1 is 1.00 bits per heavy atom. The van der Waals surface area contributed by atoms with Crippen LogP contribution >= 0.6 is 11.3 Å². The van der Waals surface area contributed by atoms with Gasteiger partial charge in [0, 0.05) is 10.9 Å². The molecule has 2 heterocycles. The molecule has 0 aliphatic heterocycles. The maximum atomic E-state index is 13.2. The SMILES string of the molecule is Cc1ccc(-c2csc3ncn(Cc4ccc(C(C)(C)C)cc4)c(=O)c23)cc1. The van der Waals surface area contributed by atoms with Crippen LogP contribution in [0.3, 0.4) is 0 Å². The zero-order chi connectivity index (χ0) is 19.9. The highest BCUT2D eigenvalue weighted by atomic mass is 32.1. The fourth-order valence-corrected chi connectivity index (χ4v) is 4.24. The molecule has 3 nitrogen and oxygen atoms in total. The van der Waals surface area contributed by atoms with E-state index in [1.807, 2.05) is 5.38 Å². The van der Waals surface area contributed by atoms with Gasteiger partial charge in [-0.2, -0.15) is 0 Å². The van der Waals surface area contributed by atoms with E-state index in [0.29, 0.717) is 11.9 Å². The Balaban J connectivity index is 1.73. The predicted octanol–water partition coefficient (Wildman–Crippen LogP) is 5.78. The third kappa shape index (κ3) is 3.52. The van der Waals surface area contributed by atoms with Crippen LogP contribution in [-0.2, 0) is 12.0 Å². The van der Waals surface area contributed by atoms with Crippen molar-refractivity contribution in [2.24, 2.45) is 0 Å². The summed E-state index contributed by atoms with van der Waals surface area (Å²) in [5.74, 6) is 0. The molecule has 0 bridgehead atoms. The standard InChI is InChI=1S/C24H24N2OS/c1-16-5-9-18(10-6-16)20-14-28-22-21(20)23(27)26(15-25-22)13-17-7-11-19(12-8-17)24(2,3)4/h5-12,14-15H,13H2,1-4H3. The average Bonchev–Trinajstić information content (AvgIpc) is 3.09. The second-order valence-corrected chi connectivity index (χ2v) is 9.18. The van der Waals surface area contributed by atoms with Crippen molar-refractivity contribution in [3.63, 3.8) is 0 Å². The lowest BCUT2D eigenvalue weighted by molar-refractivity contribution is 0.589. The van der Waals surface area contributed by atoms with Gasteiger partial charge in [-0.25, -0.2) is 4.98 Å². The second-order valence-electron chi connectivity index (χ2n) is 8.32. The molecule has 0 aliphatic rings. The first-order valence-electron chi connectivity index (χ1n) is 9.46. The number of aryl methyl sites for hydroxylation is 1. The van der Waals surface area contributed by atoms with E-state index in [2.05, 4.69) is 81.2 Å². The van der Waals surface area contributed by atoms with Crippen LogP contribution in [0.1, 0.15) is 37.5 Å². The molecule has 0 spiro atoms. The Morgan fingerprint density at radius 3 is 2.32 bits per heavy atom. The summed E-state index contributed by atoms with van der Waals surface area (Å²) in [6.07, 6.45) is 1.66. The molecule has 28 heavy (non-hydrogen) atoms. The van der Waals surface area contributed by atoms with Gasteiger partial charge >= 0.3 is 0 Å². The lowest BCUT2D eigenvalue weighted by atomic mass is 9.87. The lowest BCUT2D eigenvalue weighted by Crippen LogP contribution is -2.21. The first-order valence-corrected chi connectivity index (χ1v) is 10.3. The Hall–Kier alpha value is -2.72. The lowest BCUT2D eigenvalue weighted by Gasteiger charge is -2.19. The molecule has 0 radical (unpaired) electrons. The van der Waals surface area contributed by atoms with Crippen molar-refractivity contribution in [3.8, 4) is 11.1 Å². The number of fused-ring (bicyclic) bond motifs is 1. The fourth-order valence-electron chi connectivity index (χ4n) is 3.33.